The number of hydrogen-bond acceptors (Lipinski definition) is 4. The Kier molecular flexibility index (Phi) is 5.27. The molecule has 26 heavy (non-hydrogen) atoms. The van der Waals surface area contributed by atoms with Gasteiger partial charge in [-0.3, -0.25) is 15.0 Å². The van der Waals surface area contributed by atoms with E-state index in [-0.39, 0.29) is 18.5 Å². The van der Waals surface area contributed by atoms with Gasteiger partial charge in [-0.05, 0) is 17.7 Å². The Morgan fingerprint density at radius 1 is 1.00 bits per heavy atom. The lowest BCUT2D eigenvalue weighted by Crippen LogP contribution is -2.28. The Morgan fingerprint density at radius 3 is 2.42 bits per heavy atom. The molecular weight excluding hydrogens is 328 g/mol. The van der Waals surface area contributed by atoms with E-state index >= 15 is 0 Å². The van der Waals surface area contributed by atoms with E-state index in [1.54, 1.807) is 17.6 Å². The summed E-state index contributed by atoms with van der Waals surface area (Å²) >= 11 is 0. The first-order valence-corrected chi connectivity index (χ1v) is 8.50. The van der Waals surface area contributed by atoms with Crippen molar-refractivity contribution in [2.75, 3.05) is 0 Å². The molecule has 5 nitrogen and oxygen atoms in total. The Labute approximate surface area is 151 Å². The van der Waals surface area contributed by atoms with Crippen molar-refractivity contribution < 1.29 is 14.3 Å². The van der Waals surface area contributed by atoms with Crippen LogP contribution >= 0.6 is 0 Å². The minimum atomic E-state index is -0.492. The van der Waals surface area contributed by atoms with E-state index in [0.29, 0.717) is 17.9 Å². The summed E-state index contributed by atoms with van der Waals surface area (Å²) in [6.45, 7) is 1.91. The van der Waals surface area contributed by atoms with Crippen LogP contribution in [0, 0.1) is 5.41 Å². The maximum absolute atomic E-state index is 12.1. The van der Waals surface area contributed by atoms with Gasteiger partial charge in [-0.15, -0.1) is 0 Å². The van der Waals surface area contributed by atoms with Gasteiger partial charge in [0.15, 0.2) is 5.78 Å². The van der Waals surface area contributed by atoms with Crippen LogP contribution in [0.25, 0.3) is 10.9 Å². The molecule has 0 unspecified atom stereocenters. The monoisotopic (exact) mass is 348 g/mol. The molecule has 0 fully saturated rings. The van der Waals surface area contributed by atoms with Crippen LogP contribution in [0.3, 0.4) is 0 Å². The molecule has 2 aromatic carbocycles. The maximum atomic E-state index is 12.1. The molecule has 0 aliphatic carbocycles. The number of ether oxygens (including phenoxy) is 1. The smallest absolute Gasteiger partial charge is 0.218 e. The number of carbonyl (C=O) groups is 2. The fourth-order valence-electron chi connectivity index (χ4n) is 2.78. The minimum Gasteiger partial charge on any atom is -0.488 e. The molecule has 0 radical (unpaired) electrons. The number of hydrogen-bond donors (Lipinski definition) is 1. The van der Waals surface area contributed by atoms with Crippen molar-refractivity contribution in [3.63, 3.8) is 0 Å². The van der Waals surface area contributed by atoms with Crippen LogP contribution in [0.4, 0.5) is 0 Å². The van der Waals surface area contributed by atoms with Crippen LogP contribution in [0.15, 0.2) is 60.7 Å². The third kappa shape index (κ3) is 3.72. The molecule has 0 aliphatic heterocycles. The van der Waals surface area contributed by atoms with Crippen LogP contribution in [-0.2, 0) is 22.7 Å². The number of ketones is 2. The van der Waals surface area contributed by atoms with E-state index in [9.17, 15) is 9.59 Å². The second-order valence-electron chi connectivity index (χ2n) is 5.97. The number of pyridine rings is 1. The summed E-state index contributed by atoms with van der Waals surface area (Å²) in [7, 11) is 0. The topological polar surface area (TPSA) is 72.2 Å². The highest BCUT2D eigenvalue weighted by atomic mass is 16.5. The largest absolute Gasteiger partial charge is 0.488 e. The number of benzene rings is 2. The summed E-state index contributed by atoms with van der Waals surface area (Å²) in [4.78, 5) is 23.7. The Hall–Kier alpha value is -3.21. The summed E-state index contributed by atoms with van der Waals surface area (Å²) in [6, 6.07) is 18.8. The first-order chi connectivity index (χ1) is 12.6. The standard InChI is InChI=1S/C21H20N2O3/c1-2-18(24)19(25)13-23-17-11-7-6-10-16(17)20(12-21(23)22)26-14-15-8-4-3-5-9-15/h3-12,22H,2,13-14H2,1H3. The predicted molar refractivity (Wildman–Crippen MR) is 98.9 cm³/mol. The van der Waals surface area contributed by atoms with Gasteiger partial charge < -0.3 is 9.30 Å². The molecule has 0 aliphatic rings. The number of nitrogens with one attached hydrogen (secondary N) is 1. The normalized spacial score (nSPS) is 10.7. The average molecular weight is 348 g/mol. The van der Waals surface area contributed by atoms with Gasteiger partial charge in [0.05, 0.1) is 12.1 Å². The van der Waals surface area contributed by atoms with E-state index in [1.165, 1.54) is 0 Å². The van der Waals surface area contributed by atoms with Gasteiger partial charge in [0.1, 0.15) is 17.8 Å². The Bertz CT molecular complexity index is 1010. The molecule has 0 spiro atoms. The van der Waals surface area contributed by atoms with Crippen molar-refractivity contribution in [1.29, 1.82) is 5.41 Å². The second kappa shape index (κ2) is 7.78. The third-order valence-corrected chi connectivity index (χ3v) is 4.19. The van der Waals surface area contributed by atoms with Crippen molar-refractivity contribution in [1.82, 2.24) is 4.57 Å². The summed E-state index contributed by atoms with van der Waals surface area (Å²) in [5.41, 5.74) is 1.85. The summed E-state index contributed by atoms with van der Waals surface area (Å²) in [5.74, 6) is -0.334. The van der Waals surface area contributed by atoms with Crippen molar-refractivity contribution in [3.8, 4) is 5.75 Å². The van der Waals surface area contributed by atoms with Gasteiger partial charge in [0, 0.05) is 17.9 Å². The summed E-state index contributed by atoms with van der Waals surface area (Å²) in [6.07, 6.45) is 0.170. The molecule has 0 saturated heterocycles. The molecule has 0 amide bonds. The molecule has 0 saturated carbocycles. The molecule has 3 aromatic rings. The number of nitrogens with zero attached hydrogens (tertiary/aromatic N) is 1. The fraction of sp³-hybridized carbons (Fsp3) is 0.190. The molecule has 3 rings (SSSR count). The zero-order valence-electron chi connectivity index (χ0n) is 14.6. The molecule has 1 heterocycles. The summed E-state index contributed by atoms with van der Waals surface area (Å²) < 4.78 is 7.47. The molecule has 0 atom stereocenters. The first-order valence-electron chi connectivity index (χ1n) is 8.50. The van der Waals surface area contributed by atoms with E-state index in [2.05, 4.69) is 0 Å². The van der Waals surface area contributed by atoms with E-state index in [1.807, 2.05) is 54.6 Å². The number of Topliss-reactive ketones (excluding diaryl/α,β-unsaturated/α-hetero) is 2. The van der Waals surface area contributed by atoms with Crippen molar-refractivity contribution in [2.24, 2.45) is 0 Å². The average Bonchev–Trinajstić information content (AvgIpc) is 2.68. The van der Waals surface area contributed by atoms with Crippen LogP contribution < -0.4 is 10.2 Å². The van der Waals surface area contributed by atoms with Crippen LogP contribution in [0.5, 0.6) is 5.75 Å². The Balaban J connectivity index is 1.97. The van der Waals surface area contributed by atoms with Crippen LogP contribution in [-0.4, -0.2) is 16.1 Å². The summed E-state index contributed by atoms with van der Waals surface area (Å²) in [5, 5.41) is 9.09. The number of fused-ring (bicyclic) bond motifs is 1. The zero-order valence-corrected chi connectivity index (χ0v) is 14.6. The number of carbonyl (C=O) groups excluding carboxylic acids is 2. The quantitative estimate of drug-likeness (QED) is 0.666. The number of aromatic nitrogens is 1. The lowest BCUT2D eigenvalue weighted by Gasteiger charge is -2.15. The molecule has 5 heteroatoms. The van der Waals surface area contributed by atoms with Gasteiger partial charge in [0.25, 0.3) is 0 Å². The minimum absolute atomic E-state index is 0.129. The van der Waals surface area contributed by atoms with E-state index in [4.69, 9.17) is 10.1 Å². The maximum Gasteiger partial charge on any atom is 0.218 e. The Morgan fingerprint density at radius 2 is 1.69 bits per heavy atom. The van der Waals surface area contributed by atoms with Crippen molar-refractivity contribution >= 4 is 22.5 Å². The van der Waals surface area contributed by atoms with Crippen molar-refractivity contribution in [2.45, 2.75) is 26.5 Å². The van der Waals surface area contributed by atoms with Gasteiger partial charge in [0.2, 0.25) is 5.78 Å². The molecular formula is C21H20N2O3. The third-order valence-electron chi connectivity index (χ3n) is 4.19. The molecule has 132 valence electrons. The van der Waals surface area contributed by atoms with Crippen LogP contribution in [0.1, 0.15) is 18.9 Å². The van der Waals surface area contributed by atoms with Crippen LogP contribution in [0.2, 0.25) is 0 Å². The fourth-order valence-corrected chi connectivity index (χ4v) is 2.78. The lowest BCUT2D eigenvalue weighted by atomic mass is 10.1. The van der Waals surface area contributed by atoms with Gasteiger partial charge in [-0.1, -0.05) is 49.4 Å². The highest BCUT2D eigenvalue weighted by Gasteiger charge is 2.15. The molecule has 0 bridgehead atoms. The number of para-hydroxylation sites is 1. The van der Waals surface area contributed by atoms with E-state index < -0.39 is 11.6 Å². The molecule has 1 aromatic heterocycles. The SMILES string of the molecule is CCC(=O)C(=O)Cn1c(=N)cc(OCc2ccccc2)c2ccccc21. The predicted octanol–water partition coefficient (Wildman–Crippen LogP) is 3.25. The van der Waals surface area contributed by atoms with Crippen molar-refractivity contribution in [3.05, 3.63) is 71.7 Å². The highest BCUT2D eigenvalue weighted by Crippen LogP contribution is 2.24. The zero-order chi connectivity index (χ0) is 18.5. The molecule has 1 N–H and O–H groups in total. The van der Waals surface area contributed by atoms with Gasteiger partial charge >= 0.3 is 0 Å². The number of rotatable bonds is 7. The van der Waals surface area contributed by atoms with E-state index in [0.717, 1.165) is 10.9 Å². The first kappa shape index (κ1) is 17.6. The highest BCUT2D eigenvalue weighted by molar-refractivity contribution is 6.37. The second-order valence-corrected chi connectivity index (χ2v) is 5.97. The van der Waals surface area contributed by atoms with Gasteiger partial charge in [-0.25, -0.2) is 0 Å². The lowest BCUT2D eigenvalue weighted by molar-refractivity contribution is -0.136. The van der Waals surface area contributed by atoms with Gasteiger partial charge in [-0.2, -0.15) is 0 Å².